The van der Waals surface area contributed by atoms with Crippen molar-refractivity contribution in [1.82, 2.24) is 0 Å². The molecule has 0 bridgehead atoms. The number of carbonyl (C=O) groups is 1. The molecule has 0 aliphatic heterocycles. The molecule has 0 amide bonds. The molecule has 0 radical (unpaired) electrons. The molecular formula is C30H35FO5. The summed E-state index contributed by atoms with van der Waals surface area (Å²) in [4.78, 5) is 10.8. The smallest absolute Gasteiger partial charge is 0.303 e. The van der Waals surface area contributed by atoms with Crippen LogP contribution in [-0.4, -0.2) is 24.8 Å². The lowest BCUT2D eigenvalue weighted by atomic mass is 10.0. The van der Waals surface area contributed by atoms with E-state index >= 15 is 0 Å². The van der Waals surface area contributed by atoms with Crippen molar-refractivity contribution in [2.75, 3.05) is 13.7 Å². The highest BCUT2D eigenvalue weighted by Gasteiger charge is 2.14. The molecule has 192 valence electrons. The van der Waals surface area contributed by atoms with Crippen LogP contribution in [0, 0.1) is 5.82 Å². The number of aliphatic carboxylic acids is 1. The molecule has 3 aromatic rings. The summed E-state index contributed by atoms with van der Waals surface area (Å²) in [5.41, 5.74) is 2.85. The second-order valence-electron chi connectivity index (χ2n) is 8.77. The molecule has 1 N–H and O–H groups in total. The fourth-order valence-corrected chi connectivity index (χ4v) is 3.37. The normalized spacial score (nSPS) is 11.8. The minimum atomic E-state index is -0.829. The number of rotatable bonds is 12. The molecule has 5 nitrogen and oxygen atoms in total. The Morgan fingerprint density at radius 1 is 0.917 bits per heavy atom. The van der Waals surface area contributed by atoms with Gasteiger partial charge in [-0.2, -0.15) is 0 Å². The lowest BCUT2D eigenvalue weighted by Gasteiger charge is -2.15. The summed E-state index contributed by atoms with van der Waals surface area (Å²) in [5, 5.41) is 8.88. The van der Waals surface area contributed by atoms with Crippen molar-refractivity contribution in [3.8, 4) is 28.4 Å². The van der Waals surface area contributed by atoms with Gasteiger partial charge in [-0.25, -0.2) is 4.39 Å². The number of carboxylic acids is 1. The summed E-state index contributed by atoms with van der Waals surface area (Å²) in [6.07, 6.45) is 6.90. The topological polar surface area (TPSA) is 65.0 Å². The van der Waals surface area contributed by atoms with E-state index < -0.39 is 5.97 Å². The number of benzene rings is 3. The van der Waals surface area contributed by atoms with Crippen molar-refractivity contribution >= 4 is 5.97 Å². The summed E-state index contributed by atoms with van der Waals surface area (Å²) < 4.78 is 31.8. The molecule has 0 atom stereocenters. The number of aryl methyl sites for hydroxylation is 1. The van der Waals surface area contributed by atoms with Crippen molar-refractivity contribution < 1.29 is 28.5 Å². The first-order valence-electron chi connectivity index (χ1n) is 12.5. The first-order valence-corrected chi connectivity index (χ1v) is 12.5. The van der Waals surface area contributed by atoms with E-state index in [1.165, 1.54) is 25.3 Å². The zero-order valence-electron chi connectivity index (χ0n) is 21.1. The SMILES string of the molecule is C1CC1.CCCCOc1cc(COc2cccc(CCC(=O)O)c2)ccc1-c1cc(OC)ccc1F. The van der Waals surface area contributed by atoms with E-state index in [-0.39, 0.29) is 12.2 Å². The molecule has 0 aromatic heterocycles. The van der Waals surface area contributed by atoms with Crippen LogP contribution in [0.1, 0.15) is 56.6 Å². The molecule has 4 rings (SSSR count). The molecular weight excluding hydrogens is 459 g/mol. The Morgan fingerprint density at radius 3 is 2.42 bits per heavy atom. The van der Waals surface area contributed by atoms with Gasteiger partial charge in [-0.15, -0.1) is 0 Å². The molecule has 0 saturated heterocycles. The van der Waals surface area contributed by atoms with Gasteiger partial charge in [0, 0.05) is 17.5 Å². The van der Waals surface area contributed by atoms with Gasteiger partial charge in [-0.3, -0.25) is 4.79 Å². The van der Waals surface area contributed by atoms with Crippen LogP contribution in [0.25, 0.3) is 11.1 Å². The highest BCUT2D eigenvalue weighted by Crippen LogP contribution is 2.35. The van der Waals surface area contributed by atoms with Crippen molar-refractivity contribution in [2.45, 2.75) is 58.5 Å². The van der Waals surface area contributed by atoms with Crippen LogP contribution in [0.4, 0.5) is 4.39 Å². The summed E-state index contributed by atoms with van der Waals surface area (Å²) in [7, 11) is 1.55. The van der Waals surface area contributed by atoms with E-state index in [0.717, 1.165) is 24.0 Å². The van der Waals surface area contributed by atoms with Crippen molar-refractivity contribution in [1.29, 1.82) is 0 Å². The predicted molar refractivity (Wildman–Crippen MR) is 139 cm³/mol. The zero-order chi connectivity index (χ0) is 25.8. The molecule has 36 heavy (non-hydrogen) atoms. The van der Waals surface area contributed by atoms with E-state index in [1.54, 1.807) is 19.2 Å². The number of methoxy groups -OCH3 is 1. The van der Waals surface area contributed by atoms with Gasteiger partial charge in [-0.05, 0) is 60.4 Å². The summed E-state index contributed by atoms with van der Waals surface area (Å²) in [5.74, 6) is 0.644. The average Bonchev–Trinajstić information content (AvgIpc) is 3.77. The molecule has 6 heteroatoms. The van der Waals surface area contributed by atoms with Gasteiger partial charge in [0.05, 0.1) is 13.7 Å². The van der Waals surface area contributed by atoms with Gasteiger partial charge in [0.15, 0.2) is 0 Å². The number of halogens is 1. The second-order valence-corrected chi connectivity index (χ2v) is 8.77. The van der Waals surface area contributed by atoms with Crippen LogP contribution in [0.5, 0.6) is 17.2 Å². The highest BCUT2D eigenvalue weighted by molar-refractivity contribution is 5.72. The molecule has 1 fully saturated rings. The van der Waals surface area contributed by atoms with Crippen molar-refractivity contribution in [3.05, 3.63) is 77.6 Å². The Bertz CT molecular complexity index is 1120. The van der Waals surface area contributed by atoms with E-state index in [2.05, 4.69) is 6.92 Å². The largest absolute Gasteiger partial charge is 0.497 e. The maximum Gasteiger partial charge on any atom is 0.303 e. The highest BCUT2D eigenvalue weighted by atomic mass is 19.1. The summed E-state index contributed by atoms with van der Waals surface area (Å²) in [6.45, 7) is 2.92. The minimum absolute atomic E-state index is 0.0736. The Kier molecular flexibility index (Phi) is 10.6. The monoisotopic (exact) mass is 494 g/mol. The van der Waals surface area contributed by atoms with Gasteiger partial charge in [0.25, 0.3) is 0 Å². The van der Waals surface area contributed by atoms with Crippen LogP contribution >= 0.6 is 0 Å². The third kappa shape index (κ3) is 8.91. The number of unbranched alkanes of at least 4 members (excludes halogenated alkanes) is 1. The molecule has 0 spiro atoms. The Hall–Kier alpha value is -3.54. The molecule has 3 aromatic carbocycles. The van der Waals surface area contributed by atoms with E-state index in [1.807, 2.05) is 42.5 Å². The number of carboxylic acid groups (broad SMARTS) is 1. The standard InChI is InChI=1S/C27H29FO5.C3H6/c1-3-4-14-32-26-16-20(8-11-23(26)24-17-21(31-2)10-12-25(24)28)18-33-22-7-5-6-19(15-22)9-13-27(29)30;1-2-3-1/h5-8,10-12,15-17H,3-4,9,13-14,18H2,1-2H3,(H,29,30);1-3H2. The Labute approximate surface area is 212 Å². The molecule has 0 heterocycles. The van der Waals surface area contributed by atoms with Crippen molar-refractivity contribution in [2.24, 2.45) is 0 Å². The first-order chi connectivity index (χ1) is 17.5. The van der Waals surface area contributed by atoms with Crippen LogP contribution in [0.15, 0.2) is 60.7 Å². The fraction of sp³-hybridized carbons (Fsp3) is 0.367. The van der Waals surface area contributed by atoms with Crippen LogP contribution in [0.3, 0.4) is 0 Å². The van der Waals surface area contributed by atoms with E-state index in [9.17, 15) is 9.18 Å². The van der Waals surface area contributed by atoms with E-state index in [0.29, 0.717) is 48.0 Å². The molecule has 1 saturated carbocycles. The third-order valence-electron chi connectivity index (χ3n) is 5.55. The lowest BCUT2D eigenvalue weighted by molar-refractivity contribution is -0.136. The average molecular weight is 495 g/mol. The van der Waals surface area contributed by atoms with E-state index in [4.69, 9.17) is 19.3 Å². The van der Waals surface area contributed by atoms with Gasteiger partial charge >= 0.3 is 5.97 Å². The quantitative estimate of drug-likeness (QED) is 0.265. The Balaban J connectivity index is 0.00000112. The molecule has 1 aliphatic rings. The zero-order valence-corrected chi connectivity index (χ0v) is 21.1. The predicted octanol–water partition coefficient (Wildman–Crippen LogP) is 7.45. The van der Waals surface area contributed by atoms with Crippen LogP contribution in [0.2, 0.25) is 0 Å². The summed E-state index contributed by atoms with van der Waals surface area (Å²) >= 11 is 0. The van der Waals surface area contributed by atoms with Crippen molar-refractivity contribution in [3.63, 3.8) is 0 Å². The molecule has 0 unspecified atom stereocenters. The van der Waals surface area contributed by atoms with Gasteiger partial charge in [0.2, 0.25) is 0 Å². The minimum Gasteiger partial charge on any atom is -0.497 e. The van der Waals surface area contributed by atoms with Crippen LogP contribution in [-0.2, 0) is 17.8 Å². The molecule has 1 aliphatic carbocycles. The fourth-order valence-electron chi connectivity index (χ4n) is 3.37. The first kappa shape index (κ1) is 27.1. The maximum atomic E-state index is 14.6. The van der Waals surface area contributed by atoms with Gasteiger partial charge in [0.1, 0.15) is 29.7 Å². The number of ether oxygens (including phenoxy) is 3. The van der Waals surface area contributed by atoms with Gasteiger partial charge < -0.3 is 19.3 Å². The van der Waals surface area contributed by atoms with Crippen LogP contribution < -0.4 is 14.2 Å². The third-order valence-corrected chi connectivity index (χ3v) is 5.55. The van der Waals surface area contributed by atoms with Gasteiger partial charge in [-0.1, -0.05) is 56.9 Å². The number of hydrogen-bond acceptors (Lipinski definition) is 4. The number of hydrogen-bond donors (Lipinski definition) is 1. The maximum absolute atomic E-state index is 14.6. The lowest BCUT2D eigenvalue weighted by Crippen LogP contribution is -2.02. The Morgan fingerprint density at radius 2 is 1.72 bits per heavy atom. The summed E-state index contributed by atoms with van der Waals surface area (Å²) in [6, 6.07) is 17.6. The second kappa shape index (κ2) is 14.1.